The number of para-hydroxylation sites is 1. The van der Waals surface area contributed by atoms with Gasteiger partial charge in [-0.15, -0.1) is 0 Å². The predicted octanol–water partition coefficient (Wildman–Crippen LogP) is 2.52. The molecule has 3 unspecified atom stereocenters. The molecular weight excluding hydrogens is 352 g/mol. The summed E-state index contributed by atoms with van der Waals surface area (Å²) in [4.78, 5) is 35.0. The van der Waals surface area contributed by atoms with E-state index in [4.69, 9.17) is 14.2 Å². The van der Waals surface area contributed by atoms with Crippen molar-refractivity contribution in [2.45, 2.75) is 32.8 Å². The van der Waals surface area contributed by atoms with Crippen molar-refractivity contribution in [1.82, 2.24) is 0 Å². The molecule has 0 aromatic heterocycles. The van der Waals surface area contributed by atoms with Crippen LogP contribution in [-0.2, 0) is 23.9 Å². The van der Waals surface area contributed by atoms with Gasteiger partial charge in [-0.3, -0.25) is 14.4 Å². The van der Waals surface area contributed by atoms with Gasteiger partial charge in [0.25, 0.3) is 0 Å². The van der Waals surface area contributed by atoms with Crippen LogP contribution in [0.1, 0.15) is 25.3 Å². The van der Waals surface area contributed by atoms with Gasteiger partial charge >= 0.3 is 17.9 Å². The molecule has 0 fully saturated rings. The zero-order chi connectivity index (χ0) is 19.8. The first-order valence-electron chi connectivity index (χ1n) is 8.78. The number of esters is 2. The first-order chi connectivity index (χ1) is 12.9. The van der Waals surface area contributed by atoms with E-state index < -0.39 is 35.8 Å². The third-order valence-corrected chi connectivity index (χ3v) is 4.33. The van der Waals surface area contributed by atoms with Gasteiger partial charge in [-0.1, -0.05) is 30.4 Å². The molecule has 0 saturated carbocycles. The maximum absolute atomic E-state index is 12.5. The van der Waals surface area contributed by atoms with Gasteiger partial charge in [-0.25, -0.2) is 0 Å². The Morgan fingerprint density at radius 2 is 1.78 bits per heavy atom. The molecule has 27 heavy (non-hydrogen) atoms. The number of carboxylic acids is 1. The molecule has 0 spiro atoms. The quantitative estimate of drug-likeness (QED) is 0.550. The van der Waals surface area contributed by atoms with Crippen LogP contribution < -0.4 is 4.74 Å². The lowest BCUT2D eigenvalue weighted by Gasteiger charge is -2.26. The Labute approximate surface area is 157 Å². The van der Waals surface area contributed by atoms with Crippen LogP contribution in [0.15, 0.2) is 36.4 Å². The van der Waals surface area contributed by atoms with Crippen molar-refractivity contribution >= 4 is 17.9 Å². The fourth-order valence-corrected chi connectivity index (χ4v) is 2.83. The summed E-state index contributed by atoms with van der Waals surface area (Å²) in [5, 5.41) is 9.31. The molecule has 0 bridgehead atoms. The van der Waals surface area contributed by atoms with Crippen LogP contribution in [0.3, 0.4) is 0 Å². The fourth-order valence-electron chi connectivity index (χ4n) is 2.83. The summed E-state index contributed by atoms with van der Waals surface area (Å²) >= 11 is 0. The Bertz CT molecular complexity index is 710. The number of benzene rings is 1. The van der Waals surface area contributed by atoms with E-state index in [0.29, 0.717) is 12.2 Å². The number of carbonyl (C=O) groups is 3. The molecule has 1 aromatic carbocycles. The van der Waals surface area contributed by atoms with Gasteiger partial charge in [-0.05, 0) is 31.4 Å². The molecular formula is C20H24O7. The number of hydrogen-bond donors (Lipinski definition) is 1. The standard InChI is InChI=1S/C20H24O7/c1-13-7-3-6-10-18(13)26-12-15(11-25-14(2)21)27-20(24)17-9-5-4-8-16(17)19(22)23/h3-7,10,15-17H,8-9,11-12H2,1-2H3,(H,22,23). The molecule has 2 rings (SSSR count). The molecule has 1 aromatic rings. The Kier molecular flexibility index (Phi) is 7.40. The van der Waals surface area contributed by atoms with E-state index in [2.05, 4.69) is 0 Å². The molecule has 0 radical (unpaired) electrons. The highest BCUT2D eigenvalue weighted by molar-refractivity contribution is 5.82. The van der Waals surface area contributed by atoms with Crippen LogP contribution in [0.2, 0.25) is 0 Å². The van der Waals surface area contributed by atoms with Gasteiger partial charge in [0.15, 0.2) is 6.10 Å². The highest BCUT2D eigenvalue weighted by Crippen LogP contribution is 2.27. The van der Waals surface area contributed by atoms with E-state index in [9.17, 15) is 19.5 Å². The average Bonchev–Trinajstić information content (AvgIpc) is 2.64. The summed E-state index contributed by atoms with van der Waals surface area (Å²) < 4.78 is 16.1. The number of carboxylic acid groups (broad SMARTS) is 1. The third kappa shape index (κ3) is 6.13. The van der Waals surface area contributed by atoms with E-state index in [1.165, 1.54) is 6.92 Å². The zero-order valence-electron chi connectivity index (χ0n) is 15.4. The molecule has 1 N–H and O–H groups in total. The molecule has 0 heterocycles. The summed E-state index contributed by atoms with van der Waals surface area (Å²) in [6, 6.07) is 7.36. The van der Waals surface area contributed by atoms with Gasteiger partial charge in [0, 0.05) is 6.92 Å². The Morgan fingerprint density at radius 3 is 2.41 bits per heavy atom. The minimum absolute atomic E-state index is 0.00975. The topological polar surface area (TPSA) is 99.1 Å². The van der Waals surface area contributed by atoms with Crippen molar-refractivity contribution < 1.29 is 33.7 Å². The van der Waals surface area contributed by atoms with Gasteiger partial charge < -0.3 is 19.3 Å². The second-order valence-electron chi connectivity index (χ2n) is 6.43. The maximum atomic E-state index is 12.5. The molecule has 1 aliphatic carbocycles. The second-order valence-corrected chi connectivity index (χ2v) is 6.43. The van der Waals surface area contributed by atoms with Gasteiger partial charge in [-0.2, -0.15) is 0 Å². The lowest BCUT2D eigenvalue weighted by molar-refractivity contribution is -0.168. The summed E-state index contributed by atoms with van der Waals surface area (Å²) in [7, 11) is 0. The number of aryl methyl sites for hydroxylation is 1. The van der Waals surface area contributed by atoms with Crippen LogP contribution in [0.4, 0.5) is 0 Å². The molecule has 3 atom stereocenters. The smallest absolute Gasteiger partial charge is 0.310 e. The highest BCUT2D eigenvalue weighted by atomic mass is 16.6. The van der Waals surface area contributed by atoms with Crippen LogP contribution in [-0.4, -0.2) is 42.3 Å². The van der Waals surface area contributed by atoms with E-state index in [0.717, 1.165) is 5.56 Å². The largest absolute Gasteiger partial charge is 0.489 e. The minimum atomic E-state index is -1.03. The second kappa shape index (κ2) is 9.75. The van der Waals surface area contributed by atoms with Crippen molar-refractivity contribution in [3.8, 4) is 5.75 Å². The van der Waals surface area contributed by atoms with Crippen LogP contribution in [0.5, 0.6) is 5.75 Å². The molecule has 0 aliphatic heterocycles. The molecule has 7 heteroatoms. The average molecular weight is 376 g/mol. The molecule has 146 valence electrons. The molecule has 0 saturated heterocycles. The van der Waals surface area contributed by atoms with Crippen molar-refractivity contribution in [3.05, 3.63) is 42.0 Å². The number of carbonyl (C=O) groups excluding carboxylic acids is 2. The monoisotopic (exact) mass is 376 g/mol. The minimum Gasteiger partial charge on any atom is -0.489 e. The molecule has 0 amide bonds. The SMILES string of the molecule is CC(=O)OCC(COc1ccccc1C)OC(=O)C1CC=CCC1C(=O)O. The normalized spacial score (nSPS) is 19.8. The number of aliphatic carboxylic acids is 1. The Balaban J connectivity index is 2.03. The first-order valence-corrected chi connectivity index (χ1v) is 8.78. The van der Waals surface area contributed by atoms with Crippen molar-refractivity contribution in [3.63, 3.8) is 0 Å². The van der Waals surface area contributed by atoms with Crippen LogP contribution >= 0.6 is 0 Å². The Morgan fingerprint density at radius 1 is 1.11 bits per heavy atom. The summed E-state index contributed by atoms with van der Waals surface area (Å²) in [6.45, 7) is 2.97. The summed E-state index contributed by atoms with van der Waals surface area (Å²) in [5.74, 6) is -3.13. The zero-order valence-corrected chi connectivity index (χ0v) is 15.4. The third-order valence-electron chi connectivity index (χ3n) is 4.33. The van der Waals surface area contributed by atoms with E-state index in [1.54, 1.807) is 18.2 Å². The summed E-state index contributed by atoms with van der Waals surface area (Å²) in [6.07, 6.45) is 3.27. The number of rotatable bonds is 8. The lowest BCUT2D eigenvalue weighted by Crippen LogP contribution is -2.37. The molecule has 7 nitrogen and oxygen atoms in total. The number of hydrogen-bond acceptors (Lipinski definition) is 6. The van der Waals surface area contributed by atoms with Crippen molar-refractivity contribution in [2.75, 3.05) is 13.2 Å². The van der Waals surface area contributed by atoms with E-state index >= 15 is 0 Å². The predicted molar refractivity (Wildman–Crippen MR) is 96.2 cm³/mol. The van der Waals surface area contributed by atoms with Crippen molar-refractivity contribution in [1.29, 1.82) is 0 Å². The number of allylic oxidation sites excluding steroid dienone is 2. The van der Waals surface area contributed by atoms with Gasteiger partial charge in [0.1, 0.15) is 19.0 Å². The van der Waals surface area contributed by atoms with Crippen LogP contribution in [0.25, 0.3) is 0 Å². The lowest BCUT2D eigenvalue weighted by atomic mass is 9.83. The number of ether oxygens (including phenoxy) is 3. The van der Waals surface area contributed by atoms with Gasteiger partial charge in [0.05, 0.1) is 11.8 Å². The highest BCUT2D eigenvalue weighted by Gasteiger charge is 2.36. The van der Waals surface area contributed by atoms with Crippen LogP contribution in [0, 0.1) is 18.8 Å². The Hall–Kier alpha value is -2.83. The van der Waals surface area contributed by atoms with Crippen molar-refractivity contribution in [2.24, 2.45) is 11.8 Å². The first kappa shape index (κ1) is 20.5. The van der Waals surface area contributed by atoms with Gasteiger partial charge in [0.2, 0.25) is 0 Å². The maximum Gasteiger partial charge on any atom is 0.310 e. The fraction of sp³-hybridized carbons (Fsp3) is 0.450. The van der Waals surface area contributed by atoms with E-state index in [1.807, 2.05) is 25.1 Å². The van der Waals surface area contributed by atoms with E-state index in [-0.39, 0.29) is 19.6 Å². The summed E-state index contributed by atoms with van der Waals surface area (Å²) in [5.41, 5.74) is 0.915. The molecule has 1 aliphatic rings.